The van der Waals surface area contributed by atoms with E-state index in [9.17, 15) is 4.79 Å². The van der Waals surface area contributed by atoms with Crippen LogP contribution >= 0.6 is 0 Å². The summed E-state index contributed by atoms with van der Waals surface area (Å²) in [5.41, 5.74) is 6.84. The molecule has 1 fully saturated rings. The maximum atomic E-state index is 13.0. The number of carbonyl (C=O) groups is 1. The smallest absolute Gasteiger partial charge is 0.255 e. The van der Waals surface area contributed by atoms with Gasteiger partial charge in [-0.05, 0) is 73.1 Å². The number of aromatic nitrogens is 2. The van der Waals surface area contributed by atoms with Crippen molar-refractivity contribution in [1.82, 2.24) is 15.1 Å². The quantitative estimate of drug-likeness (QED) is 0.504. The van der Waals surface area contributed by atoms with Crippen molar-refractivity contribution in [2.45, 2.75) is 6.92 Å². The number of anilines is 2. The number of fused-ring (bicyclic) bond motifs is 1. The van der Waals surface area contributed by atoms with Crippen LogP contribution < -0.4 is 10.2 Å². The van der Waals surface area contributed by atoms with Crippen molar-refractivity contribution < 1.29 is 4.79 Å². The Morgan fingerprint density at radius 3 is 2.53 bits per heavy atom. The summed E-state index contributed by atoms with van der Waals surface area (Å²) in [5, 5.41) is 11.2. The van der Waals surface area contributed by atoms with Crippen molar-refractivity contribution >= 4 is 28.2 Å². The molecule has 3 aromatic carbocycles. The SMILES string of the molecule is Cc1ccc(C(=O)Nc2ccc(N3CCN(C)CC3)cc2)cc1-c1ccc2cn[nH]c2c1. The molecule has 6 heteroatoms. The van der Waals surface area contributed by atoms with Crippen LogP contribution in [-0.2, 0) is 0 Å². The third-order valence-corrected chi connectivity index (χ3v) is 6.25. The Kier molecular flexibility index (Phi) is 5.37. The predicted octanol–water partition coefficient (Wildman–Crippen LogP) is 4.54. The number of nitrogens with zero attached hydrogens (tertiary/aromatic N) is 3. The fraction of sp³-hybridized carbons (Fsp3) is 0.231. The van der Waals surface area contributed by atoms with Crippen LogP contribution in [0, 0.1) is 6.92 Å². The van der Waals surface area contributed by atoms with Crippen molar-refractivity contribution in [2.24, 2.45) is 0 Å². The summed E-state index contributed by atoms with van der Waals surface area (Å²) in [5.74, 6) is -0.110. The van der Waals surface area contributed by atoms with Gasteiger partial charge in [0.05, 0.1) is 11.7 Å². The van der Waals surface area contributed by atoms with E-state index in [0.29, 0.717) is 5.56 Å². The Morgan fingerprint density at radius 1 is 0.969 bits per heavy atom. The maximum absolute atomic E-state index is 13.0. The average molecular weight is 426 g/mol. The molecule has 1 saturated heterocycles. The topological polar surface area (TPSA) is 64.3 Å². The lowest BCUT2D eigenvalue weighted by molar-refractivity contribution is 0.102. The highest BCUT2D eigenvalue weighted by atomic mass is 16.1. The minimum atomic E-state index is -0.110. The first-order valence-corrected chi connectivity index (χ1v) is 11.0. The summed E-state index contributed by atoms with van der Waals surface area (Å²) < 4.78 is 0. The van der Waals surface area contributed by atoms with Crippen LogP contribution in [0.2, 0.25) is 0 Å². The number of piperazine rings is 1. The van der Waals surface area contributed by atoms with Gasteiger partial charge in [-0.1, -0.05) is 18.2 Å². The van der Waals surface area contributed by atoms with Gasteiger partial charge < -0.3 is 15.1 Å². The van der Waals surface area contributed by atoms with Gasteiger partial charge in [0.2, 0.25) is 0 Å². The molecular weight excluding hydrogens is 398 g/mol. The van der Waals surface area contributed by atoms with Crippen LogP contribution in [0.15, 0.2) is 66.9 Å². The molecule has 0 aliphatic carbocycles. The molecule has 0 saturated carbocycles. The minimum Gasteiger partial charge on any atom is -0.369 e. The number of amides is 1. The number of H-pyrrole nitrogens is 1. The summed E-state index contributed by atoms with van der Waals surface area (Å²) in [6.07, 6.45) is 1.81. The van der Waals surface area contributed by atoms with Crippen LogP contribution in [0.3, 0.4) is 0 Å². The molecule has 0 spiro atoms. The first-order chi connectivity index (χ1) is 15.6. The Hall–Kier alpha value is -3.64. The Morgan fingerprint density at radius 2 is 1.75 bits per heavy atom. The van der Waals surface area contributed by atoms with Crippen LogP contribution in [0.1, 0.15) is 15.9 Å². The maximum Gasteiger partial charge on any atom is 0.255 e. The zero-order valence-electron chi connectivity index (χ0n) is 18.4. The molecule has 32 heavy (non-hydrogen) atoms. The number of hydrogen-bond acceptors (Lipinski definition) is 4. The largest absolute Gasteiger partial charge is 0.369 e. The van der Waals surface area contributed by atoms with Gasteiger partial charge in [-0.15, -0.1) is 0 Å². The highest BCUT2D eigenvalue weighted by molar-refractivity contribution is 6.05. The lowest BCUT2D eigenvalue weighted by Gasteiger charge is -2.34. The zero-order valence-corrected chi connectivity index (χ0v) is 18.4. The number of rotatable bonds is 4. The van der Waals surface area contributed by atoms with Gasteiger partial charge in [-0.3, -0.25) is 9.89 Å². The first kappa shape index (κ1) is 20.3. The molecule has 0 unspecified atom stereocenters. The lowest BCUT2D eigenvalue weighted by Crippen LogP contribution is -2.44. The average Bonchev–Trinajstić information content (AvgIpc) is 3.28. The summed E-state index contributed by atoms with van der Waals surface area (Å²) in [6, 6.07) is 20.1. The summed E-state index contributed by atoms with van der Waals surface area (Å²) in [6.45, 7) is 6.26. The molecule has 6 nitrogen and oxygen atoms in total. The van der Waals surface area contributed by atoms with Gasteiger partial charge in [0.1, 0.15) is 0 Å². The van der Waals surface area contributed by atoms with Crippen LogP contribution in [0.4, 0.5) is 11.4 Å². The van der Waals surface area contributed by atoms with Gasteiger partial charge in [0, 0.05) is 48.5 Å². The minimum absolute atomic E-state index is 0.110. The van der Waals surface area contributed by atoms with Gasteiger partial charge in [-0.2, -0.15) is 5.10 Å². The molecule has 1 aliphatic rings. The molecule has 0 atom stereocenters. The van der Waals surface area contributed by atoms with Crippen molar-refractivity contribution in [2.75, 3.05) is 43.4 Å². The third-order valence-electron chi connectivity index (χ3n) is 6.25. The van der Waals surface area contributed by atoms with E-state index in [2.05, 4.69) is 63.6 Å². The van der Waals surface area contributed by atoms with E-state index in [-0.39, 0.29) is 5.91 Å². The van der Waals surface area contributed by atoms with Crippen molar-refractivity contribution in [3.05, 3.63) is 78.0 Å². The van der Waals surface area contributed by atoms with E-state index >= 15 is 0 Å². The summed E-state index contributed by atoms with van der Waals surface area (Å²) >= 11 is 0. The standard InChI is InChI=1S/C26H27N5O/c1-18-3-4-20(15-24(18)19-5-6-21-17-27-29-25(21)16-19)26(32)28-22-7-9-23(10-8-22)31-13-11-30(2)12-14-31/h3-10,15-17H,11-14H2,1-2H3,(H,27,29)(H,28,32). The van der Waals surface area contributed by atoms with Crippen molar-refractivity contribution in [3.63, 3.8) is 0 Å². The number of aromatic amines is 1. The van der Waals surface area contributed by atoms with E-state index in [1.54, 1.807) is 0 Å². The second kappa shape index (κ2) is 8.48. The molecule has 2 heterocycles. The molecule has 0 radical (unpaired) electrons. The van der Waals surface area contributed by atoms with Crippen LogP contribution in [0.25, 0.3) is 22.0 Å². The summed E-state index contributed by atoms with van der Waals surface area (Å²) in [7, 11) is 2.15. The van der Waals surface area contributed by atoms with Crippen molar-refractivity contribution in [1.29, 1.82) is 0 Å². The van der Waals surface area contributed by atoms with Crippen LogP contribution in [-0.4, -0.2) is 54.2 Å². The van der Waals surface area contributed by atoms with E-state index in [4.69, 9.17) is 0 Å². The molecule has 0 bridgehead atoms. The number of aryl methyl sites for hydroxylation is 1. The van der Waals surface area contributed by atoms with Gasteiger partial charge in [-0.25, -0.2) is 0 Å². The molecular formula is C26H27N5O. The van der Waals surface area contributed by atoms with E-state index in [1.165, 1.54) is 5.69 Å². The second-order valence-corrected chi connectivity index (χ2v) is 8.49. The Labute approximate surface area is 187 Å². The van der Waals surface area contributed by atoms with Crippen LogP contribution in [0.5, 0.6) is 0 Å². The highest BCUT2D eigenvalue weighted by Crippen LogP contribution is 2.28. The fourth-order valence-electron chi connectivity index (χ4n) is 4.20. The van der Waals surface area contributed by atoms with Gasteiger partial charge in [0.25, 0.3) is 5.91 Å². The number of benzene rings is 3. The number of carbonyl (C=O) groups excluding carboxylic acids is 1. The predicted molar refractivity (Wildman–Crippen MR) is 130 cm³/mol. The normalized spacial score (nSPS) is 14.6. The highest BCUT2D eigenvalue weighted by Gasteiger charge is 2.15. The van der Waals surface area contributed by atoms with E-state index in [0.717, 1.165) is 59.5 Å². The van der Waals surface area contributed by atoms with E-state index in [1.807, 2.05) is 42.6 Å². The Bertz CT molecular complexity index is 1250. The summed E-state index contributed by atoms with van der Waals surface area (Å²) in [4.78, 5) is 17.7. The number of nitrogens with one attached hydrogen (secondary N) is 2. The van der Waals surface area contributed by atoms with E-state index < -0.39 is 0 Å². The number of hydrogen-bond donors (Lipinski definition) is 2. The Balaban J connectivity index is 1.33. The third kappa shape index (κ3) is 4.09. The molecule has 1 amide bonds. The number of likely N-dealkylation sites (N-methyl/N-ethyl adjacent to an activating group) is 1. The lowest BCUT2D eigenvalue weighted by atomic mass is 9.97. The van der Waals surface area contributed by atoms with Gasteiger partial charge >= 0.3 is 0 Å². The molecule has 162 valence electrons. The van der Waals surface area contributed by atoms with Gasteiger partial charge in [0.15, 0.2) is 0 Å². The zero-order chi connectivity index (χ0) is 22.1. The monoisotopic (exact) mass is 425 g/mol. The molecule has 1 aliphatic heterocycles. The molecule has 1 aromatic heterocycles. The molecule has 2 N–H and O–H groups in total. The van der Waals surface area contributed by atoms with Crippen molar-refractivity contribution in [3.8, 4) is 11.1 Å². The molecule has 4 aromatic rings. The second-order valence-electron chi connectivity index (χ2n) is 8.49. The fourth-order valence-corrected chi connectivity index (χ4v) is 4.20. The molecule has 5 rings (SSSR count). The first-order valence-electron chi connectivity index (χ1n) is 11.0.